The fourth-order valence-corrected chi connectivity index (χ4v) is 5.07. The molecule has 3 N–H and O–H groups in total. The molecule has 2 aromatic rings. The summed E-state index contributed by atoms with van der Waals surface area (Å²) in [7, 11) is 0. The number of nitrogens with zero attached hydrogens (tertiary/aromatic N) is 4. The number of halogens is 2. The molecule has 9 nitrogen and oxygen atoms in total. The molecule has 0 spiro atoms. The van der Waals surface area contributed by atoms with Crippen molar-refractivity contribution in [2.45, 2.75) is 24.8 Å². The van der Waals surface area contributed by atoms with E-state index in [9.17, 15) is 14.0 Å². The van der Waals surface area contributed by atoms with Crippen molar-refractivity contribution >= 4 is 29.8 Å². The monoisotopic (exact) mass is 564 g/mol. The van der Waals surface area contributed by atoms with Crippen molar-refractivity contribution in [1.29, 1.82) is 5.26 Å². The lowest BCUT2D eigenvalue weighted by Crippen LogP contribution is -2.44. The van der Waals surface area contributed by atoms with Gasteiger partial charge >= 0.3 is 6.09 Å². The van der Waals surface area contributed by atoms with E-state index in [1.165, 1.54) is 36.7 Å². The quantitative estimate of drug-likeness (QED) is 0.384. The Morgan fingerprint density at radius 3 is 2.42 bits per heavy atom. The number of nitriles is 1. The average Bonchev–Trinajstić information content (AvgIpc) is 3.38. The summed E-state index contributed by atoms with van der Waals surface area (Å²) in [5.41, 5.74) is 6.56. The van der Waals surface area contributed by atoms with E-state index in [4.69, 9.17) is 27.3 Å². The maximum absolute atomic E-state index is 13.6. The van der Waals surface area contributed by atoms with Gasteiger partial charge in [-0.25, -0.2) is 14.2 Å². The predicted octanol–water partition coefficient (Wildman–Crippen LogP) is 4.18. The van der Waals surface area contributed by atoms with Crippen LogP contribution in [0.5, 0.6) is 5.75 Å². The fourth-order valence-electron chi connectivity index (χ4n) is 4.95. The molecule has 4 rings (SSSR count). The number of nitrogens with two attached hydrogens (primary N) is 1. The summed E-state index contributed by atoms with van der Waals surface area (Å²) in [5.74, 6) is -0.0209. The summed E-state index contributed by atoms with van der Waals surface area (Å²) in [4.78, 5) is 34.2. The van der Waals surface area contributed by atoms with E-state index in [0.29, 0.717) is 49.9 Å². The molecule has 2 aliphatic rings. The Morgan fingerprint density at radius 1 is 1.12 bits per heavy atom. The van der Waals surface area contributed by atoms with Gasteiger partial charge in [0, 0.05) is 55.5 Å². The van der Waals surface area contributed by atoms with E-state index in [1.54, 1.807) is 17.0 Å². The zero-order chi connectivity index (χ0) is 28.6. The van der Waals surface area contributed by atoms with Crippen LogP contribution in [0.3, 0.4) is 0 Å². The highest BCUT2D eigenvalue weighted by Crippen LogP contribution is 2.32. The number of likely N-dealkylation sites (tertiary alicyclic amines) is 2. The van der Waals surface area contributed by atoms with E-state index in [2.05, 4.69) is 16.9 Å². The molecular formula is C29H30ClFN6O3. The normalized spacial score (nSPS) is 19.9. The minimum absolute atomic E-state index is 0.0294. The zero-order valence-corrected chi connectivity index (χ0v) is 22.6. The van der Waals surface area contributed by atoms with Gasteiger partial charge in [-0.15, -0.1) is 0 Å². The van der Waals surface area contributed by atoms with Crippen LogP contribution >= 0.6 is 11.6 Å². The van der Waals surface area contributed by atoms with Crippen LogP contribution in [-0.2, 0) is 4.79 Å². The SMILES string of the molecule is C=C(N=C/C(C#N)=C\N)N1CCC(C(=O)N2C[C@@H](NC(=O)Oc3ccc(F)cc3)[C@H](c3ccc(Cl)cc3)C2)CC1. The molecule has 2 saturated heterocycles. The Kier molecular flexibility index (Phi) is 9.40. The second-order valence-corrected chi connectivity index (χ2v) is 10.1. The Morgan fingerprint density at radius 2 is 1.80 bits per heavy atom. The topological polar surface area (TPSA) is 124 Å². The van der Waals surface area contributed by atoms with Crippen molar-refractivity contribution in [1.82, 2.24) is 15.1 Å². The van der Waals surface area contributed by atoms with Gasteiger partial charge in [-0.3, -0.25) is 4.79 Å². The van der Waals surface area contributed by atoms with Crippen LogP contribution in [0.1, 0.15) is 24.3 Å². The Labute approximate surface area is 237 Å². The van der Waals surface area contributed by atoms with Crippen LogP contribution in [0.25, 0.3) is 0 Å². The second kappa shape index (κ2) is 13.1. The minimum Gasteiger partial charge on any atom is -0.410 e. The lowest BCUT2D eigenvalue weighted by molar-refractivity contribution is -0.136. The van der Waals surface area contributed by atoms with Crippen LogP contribution in [0, 0.1) is 23.1 Å². The number of hydrogen-bond donors (Lipinski definition) is 2. The molecule has 2 aromatic carbocycles. The number of rotatable bonds is 7. The first-order chi connectivity index (χ1) is 19.3. The number of carbonyl (C=O) groups excluding carboxylic acids is 2. The number of allylic oxidation sites excluding steroid dienone is 1. The molecule has 0 aromatic heterocycles. The first-order valence-electron chi connectivity index (χ1n) is 12.9. The molecule has 0 radical (unpaired) electrons. The van der Waals surface area contributed by atoms with Crippen LogP contribution < -0.4 is 15.8 Å². The maximum atomic E-state index is 13.6. The molecule has 2 atom stereocenters. The van der Waals surface area contributed by atoms with Crippen molar-refractivity contribution in [2.24, 2.45) is 16.6 Å². The number of aliphatic imine (C=N–C) groups is 1. The summed E-state index contributed by atoms with van der Waals surface area (Å²) in [6, 6.07) is 14.1. The lowest BCUT2D eigenvalue weighted by atomic mass is 9.94. The number of benzene rings is 2. The van der Waals surface area contributed by atoms with Crippen molar-refractivity contribution in [2.75, 3.05) is 26.2 Å². The van der Waals surface area contributed by atoms with Gasteiger partial charge in [-0.05, 0) is 54.8 Å². The van der Waals surface area contributed by atoms with E-state index < -0.39 is 18.0 Å². The Hall–Kier alpha value is -4.36. The summed E-state index contributed by atoms with van der Waals surface area (Å²) < 4.78 is 18.5. The number of amides is 2. The number of hydrogen-bond acceptors (Lipinski definition) is 7. The zero-order valence-electron chi connectivity index (χ0n) is 21.8. The molecule has 0 unspecified atom stereocenters. The van der Waals surface area contributed by atoms with Crippen LogP contribution in [0.2, 0.25) is 5.02 Å². The summed E-state index contributed by atoms with van der Waals surface area (Å²) in [6.07, 6.45) is 3.12. The van der Waals surface area contributed by atoms with E-state index >= 15 is 0 Å². The molecule has 11 heteroatoms. The first-order valence-corrected chi connectivity index (χ1v) is 13.2. The molecule has 0 saturated carbocycles. The summed E-state index contributed by atoms with van der Waals surface area (Å²) in [6.45, 7) is 5.91. The van der Waals surface area contributed by atoms with Crippen LogP contribution in [0.15, 0.2) is 77.7 Å². The number of ether oxygens (including phenoxy) is 1. The molecule has 0 aliphatic carbocycles. The highest BCUT2D eigenvalue weighted by molar-refractivity contribution is 6.30. The van der Waals surface area contributed by atoms with Crippen molar-refractivity contribution in [3.05, 3.63) is 89.1 Å². The van der Waals surface area contributed by atoms with Gasteiger partial charge in [-0.1, -0.05) is 30.3 Å². The van der Waals surface area contributed by atoms with E-state index in [-0.39, 0.29) is 29.1 Å². The van der Waals surface area contributed by atoms with Crippen LogP contribution in [-0.4, -0.2) is 60.2 Å². The van der Waals surface area contributed by atoms with Gasteiger partial charge in [0.25, 0.3) is 0 Å². The largest absolute Gasteiger partial charge is 0.412 e. The summed E-state index contributed by atoms with van der Waals surface area (Å²) in [5, 5.41) is 12.5. The third-order valence-corrected chi connectivity index (χ3v) is 7.38. The van der Waals surface area contributed by atoms with Gasteiger partial charge in [0.2, 0.25) is 5.91 Å². The predicted molar refractivity (Wildman–Crippen MR) is 150 cm³/mol. The molecule has 2 fully saturated rings. The van der Waals surface area contributed by atoms with Crippen molar-refractivity contribution < 1.29 is 18.7 Å². The molecule has 40 heavy (non-hydrogen) atoms. The Balaban J connectivity index is 1.39. The molecule has 2 heterocycles. The molecule has 0 bridgehead atoms. The molecule has 2 aliphatic heterocycles. The highest BCUT2D eigenvalue weighted by atomic mass is 35.5. The lowest BCUT2D eigenvalue weighted by Gasteiger charge is -2.34. The highest BCUT2D eigenvalue weighted by Gasteiger charge is 2.40. The van der Waals surface area contributed by atoms with E-state index in [1.807, 2.05) is 23.1 Å². The summed E-state index contributed by atoms with van der Waals surface area (Å²) >= 11 is 6.08. The number of carbonyl (C=O) groups is 2. The fraction of sp³-hybridized carbons (Fsp3) is 0.310. The third-order valence-electron chi connectivity index (χ3n) is 7.13. The van der Waals surface area contributed by atoms with E-state index in [0.717, 1.165) is 5.56 Å². The van der Waals surface area contributed by atoms with Gasteiger partial charge in [-0.2, -0.15) is 5.26 Å². The van der Waals surface area contributed by atoms with Crippen LogP contribution in [0.4, 0.5) is 9.18 Å². The van der Waals surface area contributed by atoms with Crippen molar-refractivity contribution in [3.8, 4) is 11.8 Å². The maximum Gasteiger partial charge on any atom is 0.412 e. The van der Waals surface area contributed by atoms with Gasteiger partial charge < -0.3 is 25.6 Å². The third kappa shape index (κ3) is 7.18. The minimum atomic E-state index is -0.679. The molecular weight excluding hydrogens is 535 g/mol. The molecule has 208 valence electrons. The van der Waals surface area contributed by atoms with Gasteiger partial charge in [0.05, 0.1) is 11.6 Å². The number of piperidine rings is 1. The van der Waals surface area contributed by atoms with Gasteiger partial charge in [0.15, 0.2) is 0 Å². The van der Waals surface area contributed by atoms with Gasteiger partial charge in [0.1, 0.15) is 23.5 Å². The second-order valence-electron chi connectivity index (χ2n) is 9.67. The average molecular weight is 565 g/mol. The molecule has 2 amide bonds. The smallest absolute Gasteiger partial charge is 0.410 e. The first kappa shape index (κ1) is 28.6. The van der Waals surface area contributed by atoms with Crippen molar-refractivity contribution in [3.63, 3.8) is 0 Å². The Bertz CT molecular complexity index is 1330. The number of nitrogens with one attached hydrogen (secondary N) is 1. The standard InChI is InChI=1S/C29H30ClFN6O3/c1-19(34-16-20(14-32)15-33)36-12-10-22(11-13-36)28(38)37-17-26(21-2-4-23(30)5-3-21)27(18-37)35-29(39)40-25-8-6-24(31)7-9-25/h2-9,14,16,22,26-27H,1,10-13,17-18,32H2,(H,35,39)/b20-14-,34-16?/t26-,27+/m0/s1.